The second-order valence-electron chi connectivity index (χ2n) is 8.43. The number of alkyl halides is 3. The Hall–Kier alpha value is -1.97. The molecule has 2 saturated carbocycles. The number of nitrogens with one attached hydrogen (secondary N) is 2. The second kappa shape index (κ2) is 8.67. The van der Waals surface area contributed by atoms with Crippen molar-refractivity contribution >= 4 is 63.9 Å². The first-order valence-electron chi connectivity index (χ1n) is 10.2. The molecule has 0 spiro atoms. The topological polar surface area (TPSA) is 58.2 Å². The normalized spacial score (nSPS) is 22.6. The number of benzene rings is 2. The molecule has 0 heterocycles. The maximum Gasteiger partial charge on any atom is 0.254 e. The Morgan fingerprint density at radius 2 is 1.88 bits per heavy atom. The van der Waals surface area contributed by atoms with Gasteiger partial charge in [0, 0.05) is 16.6 Å². The third-order valence-corrected chi connectivity index (χ3v) is 7.44. The number of amides is 2. The molecular weight excluding hydrogens is 509 g/mol. The first-order valence-corrected chi connectivity index (χ1v) is 11.7. The van der Waals surface area contributed by atoms with Crippen molar-refractivity contribution in [2.24, 2.45) is 5.92 Å². The third kappa shape index (κ3) is 4.81. The highest BCUT2D eigenvalue weighted by Gasteiger charge is 2.67. The lowest BCUT2D eigenvalue weighted by Gasteiger charge is -2.13. The van der Waals surface area contributed by atoms with E-state index in [2.05, 4.69) is 16.6 Å². The largest absolute Gasteiger partial charge is 0.336 e. The number of hydrogen-bond acceptors (Lipinski definition) is 2. The minimum Gasteiger partial charge on any atom is -0.336 e. The molecule has 0 saturated heterocycles. The van der Waals surface area contributed by atoms with E-state index in [1.54, 1.807) is 18.2 Å². The summed E-state index contributed by atoms with van der Waals surface area (Å²) in [7, 11) is 0. The van der Waals surface area contributed by atoms with Crippen molar-refractivity contribution in [1.29, 1.82) is 0 Å². The highest BCUT2D eigenvalue weighted by molar-refractivity contribution is 6.53. The highest BCUT2D eigenvalue weighted by atomic mass is 35.5. The number of carbonyl (C=O) groups excluding carboxylic acids is 2. The smallest absolute Gasteiger partial charge is 0.254 e. The summed E-state index contributed by atoms with van der Waals surface area (Å²) in [5.41, 5.74) is 0.848. The quantitative estimate of drug-likeness (QED) is 0.335. The lowest BCUT2D eigenvalue weighted by Crippen LogP contribution is -2.35. The maximum absolute atomic E-state index is 13.8. The molecule has 3 atom stereocenters. The van der Waals surface area contributed by atoms with E-state index in [4.69, 9.17) is 52.8 Å². The monoisotopic (exact) mass is 526 g/mol. The van der Waals surface area contributed by atoms with Crippen LogP contribution in [0.15, 0.2) is 36.4 Å². The van der Waals surface area contributed by atoms with Crippen molar-refractivity contribution in [3.8, 4) is 12.3 Å². The summed E-state index contributed by atoms with van der Waals surface area (Å²) in [6.45, 7) is 1.39. The van der Waals surface area contributed by atoms with E-state index in [0.29, 0.717) is 34.7 Å². The van der Waals surface area contributed by atoms with Crippen LogP contribution in [0.5, 0.6) is 0 Å². The van der Waals surface area contributed by atoms with E-state index in [0.717, 1.165) is 0 Å². The van der Waals surface area contributed by atoms with Gasteiger partial charge in [0.15, 0.2) is 0 Å². The predicted octanol–water partition coefficient (Wildman–Crippen LogP) is 6.45. The van der Waals surface area contributed by atoms with Crippen LogP contribution in [0.25, 0.3) is 0 Å². The van der Waals surface area contributed by atoms with Crippen LogP contribution >= 0.6 is 46.4 Å². The van der Waals surface area contributed by atoms with E-state index in [1.165, 1.54) is 25.1 Å². The molecule has 2 fully saturated rings. The van der Waals surface area contributed by atoms with Gasteiger partial charge in [0.1, 0.15) is 16.0 Å². The van der Waals surface area contributed by atoms with E-state index in [9.17, 15) is 14.0 Å². The van der Waals surface area contributed by atoms with Gasteiger partial charge in [-0.05, 0) is 61.2 Å². The maximum atomic E-state index is 13.8. The lowest BCUT2D eigenvalue weighted by molar-refractivity contribution is -0.117. The summed E-state index contributed by atoms with van der Waals surface area (Å²) in [5.74, 6) is 0.335. The van der Waals surface area contributed by atoms with Crippen molar-refractivity contribution in [2.45, 2.75) is 41.7 Å². The third-order valence-electron chi connectivity index (χ3n) is 5.95. The molecule has 172 valence electrons. The molecular formula is C24H19Cl4FN2O2. The Labute approximate surface area is 211 Å². The molecule has 0 bridgehead atoms. The number of carbonyl (C=O) groups is 2. The molecule has 3 unspecified atom stereocenters. The first-order chi connectivity index (χ1) is 15.5. The average Bonchev–Trinajstić information content (AvgIpc) is 3.63. The van der Waals surface area contributed by atoms with Gasteiger partial charge in [-0.25, -0.2) is 4.39 Å². The van der Waals surface area contributed by atoms with Crippen LogP contribution in [0, 0.1) is 18.3 Å². The van der Waals surface area contributed by atoms with Gasteiger partial charge < -0.3 is 10.6 Å². The second-order valence-corrected chi connectivity index (χ2v) is 10.7. The summed E-state index contributed by atoms with van der Waals surface area (Å²) in [6.07, 6.45) is 5.64. The van der Waals surface area contributed by atoms with Gasteiger partial charge in [0.25, 0.3) is 5.91 Å². The van der Waals surface area contributed by atoms with E-state index < -0.39 is 39.7 Å². The Kier molecular flexibility index (Phi) is 6.35. The van der Waals surface area contributed by atoms with E-state index in [1.807, 2.05) is 0 Å². The van der Waals surface area contributed by atoms with E-state index in [-0.39, 0.29) is 10.6 Å². The minimum absolute atomic E-state index is 0.183. The van der Waals surface area contributed by atoms with Gasteiger partial charge in [-0.15, -0.1) is 29.6 Å². The SMILES string of the molecule is C#CC1(NC(=O)c2cc(NC(=O)C3C(c4cc(Cl)cc(C(C)F)c4)C3(Cl)Cl)ccc2Cl)CC1. The average molecular weight is 528 g/mol. The van der Waals surface area contributed by atoms with Gasteiger partial charge >= 0.3 is 0 Å². The summed E-state index contributed by atoms with van der Waals surface area (Å²) >= 11 is 25.1. The van der Waals surface area contributed by atoms with Gasteiger partial charge in [-0.1, -0.05) is 35.2 Å². The molecule has 2 N–H and O–H groups in total. The fraction of sp³-hybridized carbons (Fsp3) is 0.333. The summed E-state index contributed by atoms with van der Waals surface area (Å²) in [5, 5.41) is 6.08. The fourth-order valence-electron chi connectivity index (χ4n) is 3.82. The zero-order valence-electron chi connectivity index (χ0n) is 17.4. The van der Waals surface area contributed by atoms with Crippen molar-refractivity contribution in [1.82, 2.24) is 5.32 Å². The van der Waals surface area contributed by atoms with Crippen molar-refractivity contribution in [2.75, 3.05) is 5.32 Å². The summed E-state index contributed by atoms with van der Waals surface area (Å²) in [4.78, 5) is 25.6. The number of rotatable bonds is 6. The molecule has 2 aromatic rings. The van der Waals surface area contributed by atoms with Crippen LogP contribution < -0.4 is 10.6 Å². The fourth-order valence-corrected chi connectivity index (χ4v) is 5.11. The van der Waals surface area contributed by atoms with E-state index >= 15 is 0 Å². The molecule has 2 aliphatic carbocycles. The first kappa shape index (κ1) is 24.2. The molecule has 4 rings (SSSR count). The Bertz CT molecular complexity index is 1190. The molecule has 0 radical (unpaired) electrons. The van der Waals surface area contributed by atoms with Gasteiger partial charge in [0.2, 0.25) is 5.91 Å². The van der Waals surface area contributed by atoms with Gasteiger partial charge in [-0.2, -0.15) is 0 Å². The van der Waals surface area contributed by atoms with Crippen molar-refractivity contribution in [3.63, 3.8) is 0 Å². The molecule has 2 aromatic carbocycles. The van der Waals surface area contributed by atoms with Crippen molar-refractivity contribution in [3.05, 3.63) is 63.1 Å². The van der Waals surface area contributed by atoms with Crippen LogP contribution in [0.1, 0.15) is 53.3 Å². The Morgan fingerprint density at radius 1 is 1.18 bits per heavy atom. The van der Waals surface area contributed by atoms with Gasteiger partial charge in [-0.3, -0.25) is 9.59 Å². The number of halogens is 5. The standard InChI is InChI=1S/C24H19Cl4FN2O2/c1-3-23(6-7-23)31-21(32)17-11-16(4-5-18(17)26)30-22(33)20-19(24(20,27)28)14-8-13(12(2)29)9-15(25)10-14/h1,4-5,8-12,19-20H,6-7H2,2H3,(H,30,33)(H,31,32). The van der Waals surface area contributed by atoms with Crippen LogP contribution in [-0.2, 0) is 4.79 Å². The van der Waals surface area contributed by atoms with Crippen LogP contribution in [0.2, 0.25) is 10.0 Å². The number of terminal acetylenes is 1. The number of hydrogen-bond donors (Lipinski definition) is 2. The Balaban J connectivity index is 1.52. The molecule has 0 aromatic heterocycles. The van der Waals surface area contributed by atoms with Crippen LogP contribution in [0.4, 0.5) is 10.1 Å². The number of anilines is 1. The summed E-state index contributed by atoms with van der Waals surface area (Å²) in [6, 6.07) is 9.28. The molecule has 0 aliphatic heterocycles. The highest BCUT2D eigenvalue weighted by Crippen LogP contribution is 2.65. The van der Waals surface area contributed by atoms with Crippen molar-refractivity contribution < 1.29 is 14.0 Å². The Morgan fingerprint density at radius 3 is 2.48 bits per heavy atom. The van der Waals surface area contributed by atoms with Gasteiger partial charge in [0.05, 0.1) is 16.5 Å². The predicted molar refractivity (Wildman–Crippen MR) is 130 cm³/mol. The van der Waals surface area contributed by atoms with Crippen LogP contribution in [-0.4, -0.2) is 21.7 Å². The minimum atomic E-state index is -1.39. The zero-order valence-corrected chi connectivity index (χ0v) is 20.4. The molecule has 2 aliphatic rings. The zero-order chi connectivity index (χ0) is 24.1. The molecule has 2 amide bonds. The summed E-state index contributed by atoms with van der Waals surface area (Å²) < 4.78 is 12.4. The lowest BCUT2D eigenvalue weighted by atomic mass is 10.0. The molecule has 9 heteroatoms. The molecule has 33 heavy (non-hydrogen) atoms. The molecule has 4 nitrogen and oxygen atoms in total. The van der Waals surface area contributed by atoms with Crippen LogP contribution in [0.3, 0.4) is 0 Å².